The zero-order valence-corrected chi connectivity index (χ0v) is 24.9. The second-order valence-corrected chi connectivity index (χ2v) is 20.3. The third-order valence-corrected chi connectivity index (χ3v) is 17.8. The first-order valence-electron chi connectivity index (χ1n) is 13.2. The van der Waals surface area contributed by atoms with E-state index in [0.29, 0.717) is 6.42 Å². The van der Waals surface area contributed by atoms with Crippen LogP contribution in [0.4, 0.5) is 0 Å². The molecule has 1 saturated carbocycles. The van der Waals surface area contributed by atoms with E-state index in [0.717, 1.165) is 18.2 Å². The van der Waals surface area contributed by atoms with Crippen LogP contribution < -0.4 is 15.9 Å². The van der Waals surface area contributed by atoms with Crippen LogP contribution in [-0.4, -0.2) is 27.6 Å². The van der Waals surface area contributed by atoms with E-state index in [-0.39, 0.29) is 11.8 Å². The second kappa shape index (κ2) is 10.6. The van der Waals surface area contributed by atoms with E-state index in [9.17, 15) is 10.2 Å². The standard InChI is InChI=1S/C33H40BrO2P/c1-26(20-21-31-30(32(2,3)35)22-24-33(31,4)36)23-25-37(34,27-14-8-5-9-15-27,28-16-10-6-11-17-28)29-18-12-7-13-19-29/h5-21,23,30-31,35-36H,22,24-25H2,1-4H3. The Bertz CT molecular complexity index is 1140. The Morgan fingerprint density at radius 3 is 1.76 bits per heavy atom. The molecule has 3 aromatic rings. The number of hydrogen-bond acceptors (Lipinski definition) is 2. The van der Waals surface area contributed by atoms with Crippen molar-refractivity contribution in [2.45, 2.75) is 51.7 Å². The van der Waals surface area contributed by atoms with Gasteiger partial charge in [0.15, 0.2) is 0 Å². The van der Waals surface area contributed by atoms with Gasteiger partial charge in [-0.15, -0.1) is 0 Å². The van der Waals surface area contributed by atoms with Gasteiger partial charge >= 0.3 is 231 Å². The molecule has 2 N–H and O–H groups in total. The summed E-state index contributed by atoms with van der Waals surface area (Å²) in [6, 6.07) is 32.4. The predicted octanol–water partition coefficient (Wildman–Crippen LogP) is 6.88. The normalized spacial score (nSPS) is 24.2. The Labute approximate surface area is 230 Å². The summed E-state index contributed by atoms with van der Waals surface area (Å²) >= 11 is 4.51. The monoisotopic (exact) mass is 578 g/mol. The summed E-state index contributed by atoms with van der Waals surface area (Å²) < 4.78 is 0. The summed E-state index contributed by atoms with van der Waals surface area (Å²) in [5, 5.41) is 22.7. The number of allylic oxidation sites excluding steroid dienone is 3. The fourth-order valence-electron chi connectivity index (χ4n) is 5.98. The van der Waals surface area contributed by atoms with Crippen molar-refractivity contribution in [3.8, 4) is 0 Å². The molecule has 4 rings (SSSR count). The molecule has 37 heavy (non-hydrogen) atoms. The Kier molecular flexibility index (Phi) is 8.03. The first kappa shape index (κ1) is 28.0. The number of halogens is 1. The number of benzene rings is 3. The van der Waals surface area contributed by atoms with Gasteiger partial charge in [-0.1, -0.05) is 0 Å². The summed E-state index contributed by atoms with van der Waals surface area (Å²) in [5.74, 6) is -0.0626. The van der Waals surface area contributed by atoms with Crippen molar-refractivity contribution in [1.29, 1.82) is 0 Å². The third kappa shape index (κ3) is 5.43. The van der Waals surface area contributed by atoms with Gasteiger partial charge in [0.1, 0.15) is 0 Å². The van der Waals surface area contributed by atoms with Gasteiger partial charge in [0.05, 0.1) is 0 Å². The van der Waals surface area contributed by atoms with E-state index in [4.69, 9.17) is 0 Å². The average Bonchev–Trinajstić information content (AvgIpc) is 3.22. The maximum atomic E-state index is 11.1. The number of rotatable bonds is 8. The third-order valence-electron chi connectivity index (χ3n) is 8.23. The Balaban J connectivity index is 1.80. The fraction of sp³-hybridized carbons (Fsp3) is 0.333. The summed E-state index contributed by atoms with van der Waals surface area (Å²) in [4.78, 5) is 0. The molecule has 1 fully saturated rings. The number of aliphatic hydroxyl groups is 2. The molecule has 0 heterocycles. The molecule has 0 radical (unpaired) electrons. The molecule has 3 unspecified atom stereocenters. The van der Waals surface area contributed by atoms with Crippen LogP contribution in [0.1, 0.15) is 40.5 Å². The van der Waals surface area contributed by atoms with Crippen molar-refractivity contribution >= 4 is 36.7 Å². The van der Waals surface area contributed by atoms with Crippen LogP contribution >= 0.6 is 20.8 Å². The zero-order valence-electron chi connectivity index (χ0n) is 22.4. The molecule has 196 valence electrons. The minimum atomic E-state index is -3.02. The van der Waals surface area contributed by atoms with Gasteiger partial charge in [-0.2, -0.15) is 0 Å². The summed E-state index contributed by atoms with van der Waals surface area (Å²) in [5.41, 5.74) is -0.495. The molecule has 0 spiro atoms. The molecule has 2 nitrogen and oxygen atoms in total. The van der Waals surface area contributed by atoms with Crippen molar-refractivity contribution in [3.63, 3.8) is 0 Å². The van der Waals surface area contributed by atoms with E-state index in [2.05, 4.69) is 132 Å². The second-order valence-electron chi connectivity index (χ2n) is 11.4. The average molecular weight is 580 g/mol. The van der Waals surface area contributed by atoms with Gasteiger partial charge in [0, 0.05) is 0 Å². The van der Waals surface area contributed by atoms with E-state index in [1.165, 1.54) is 15.9 Å². The van der Waals surface area contributed by atoms with Gasteiger partial charge in [0.2, 0.25) is 0 Å². The van der Waals surface area contributed by atoms with Crippen LogP contribution in [0.25, 0.3) is 0 Å². The summed E-state index contributed by atoms with van der Waals surface area (Å²) in [6.45, 7) is 7.75. The molecule has 1 aliphatic rings. The van der Waals surface area contributed by atoms with Crippen molar-refractivity contribution < 1.29 is 10.2 Å². The molecule has 0 aromatic heterocycles. The number of hydrogen-bond donors (Lipinski definition) is 2. The molecule has 3 aromatic carbocycles. The first-order chi connectivity index (χ1) is 17.5. The fourth-order valence-corrected chi connectivity index (χ4v) is 13.1. The van der Waals surface area contributed by atoms with Gasteiger partial charge in [-0.05, 0) is 0 Å². The molecule has 0 aliphatic heterocycles. The van der Waals surface area contributed by atoms with Crippen LogP contribution in [0, 0.1) is 11.8 Å². The molecular weight excluding hydrogens is 539 g/mol. The maximum absolute atomic E-state index is 11.1. The topological polar surface area (TPSA) is 40.5 Å². The van der Waals surface area contributed by atoms with Gasteiger partial charge < -0.3 is 0 Å². The van der Waals surface area contributed by atoms with Crippen molar-refractivity contribution in [2.24, 2.45) is 11.8 Å². The van der Waals surface area contributed by atoms with Crippen molar-refractivity contribution in [1.82, 2.24) is 0 Å². The SMILES string of the molecule is CC(C=CC1C(C(C)(C)O)CCC1(C)O)=CCP(Br)(c1ccccc1)(c1ccccc1)c1ccccc1. The van der Waals surface area contributed by atoms with Crippen molar-refractivity contribution in [2.75, 3.05) is 6.16 Å². The van der Waals surface area contributed by atoms with E-state index < -0.39 is 16.5 Å². The molecular formula is C33H40BrO2P. The molecule has 1 aliphatic carbocycles. The van der Waals surface area contributed by atoms with Crippen LogP contribution in [0.5, 0.6) is 0 Å². The molecule has 3 atom stereocenters. The van der Waals surface area contributed by atoms with Gasteiger partial charge in [0.25, 0.3) is 0 Å². The summed E-state index contributed by atoms with van der Waals surface area (Å²) in [7, 11) is 0. The van der Waals surface area contributed by atoms with Gasteiger partial charge in [-0.25, -0.2) is 0 Å². The minimum absolute atomic E-state index is 0.0277. The summed E-state index contributed by atoms with van der Waals surface area (Å²) in [6.07, 6.45) is 8.93. The zero-order chi connectivity index (χ0) is 26.8. The molecule has 4 heteroatoms. The van der Waals surface area contributed by atoms with Crippen LogP contribution in [0.15, 0.2) is 115 Å². The van der Waals surface area contributed by atoms with Crippen LogP contribution in [0.3, 0.4) is 0 Å². The Hall–Kier alpha value is -2.03. The van der Waals surface area contributed by atoms with E-state index in [1.807, 2.05) is 20.8 Å². The van der Waals surface area contributed by atoms with E-state index in [1.54, 1.807) is 0 Å². The Morgan fingerprint density at radius 2 is 1.35 bits per heavy atom. The van der Waals surface area contributed by atoms with Crippen LogP contribution in [-0.2, 0) is 0 Å². The molecule has 0 amide bonds. The quantitative estimate of drug-likeness (QED) is 0.226. The Morgan fingerprint density at radius 1 is 0.919 bits per heavy atom. The van der Waals surface area contributed by atoms with Crippen molar-refractivity contribution in [3.05, 3.63) is 115 Å². The first-order valence-corrected chi connectivity index (χ1v) is 17.6. The van der Waals surface area contributed by atoms with Gasteiger partial charge in [-0.3, -0.25) is 0 Å². The molecule has 0 saturated heterocycles. The van der Waals surface area contributed by atoms with Crippen LogP contribution in [0.2, 0.25) is 0 Å². The predicted molar refractivity (Wildman–Crippen MR) is 165 cm³/mol. The molecule has 0 bridgehead atoms. The van der Waals surface area contributed by atoms with E-state index >= 15 is 0 Å².